The normalized spacial score (nSPS) is 21.9. The van der Waals surface area contributed by atoms with Gasteiger partial charge < -0.3 is 34.3 Å². The zero-order valence-electron chi connectivity index (χ0n) is 28.1. The van der Waals surface area contributed by atoms with Crippen LogP contribution in [0.1, 0.15) is 54.2 Å². The maximum Gasteiger partial charge on any atom is 0.305 e. The third-order valence-electron chi connectivity index (χ3n) is 9.43. The van der Waals surface area contributed by atoms with Crippen LogP contribution in [0.2, 0.25) is 18.6 Å². The summed E-state index contributed by atoms with van der Waals surface area (Å²) in [5.74, 6) is -0.602. The van der Waals surface area contributed by atoms with Crippen molar-refractivity contribution in [3.63, 3.8) is 0 Å². The van der Waals surface area contributed by atoms with Gasteiger partial charge in [-0.05, 0) is 74.8 Å². The van der Waals surface area contributed by atoms with Crippen molar-refractivity contribution in [2.24, 2.45) is 5.92 Å². The number of hydrogen-bond donors (Lipinski definition) is 3. The van der Waals surface area contributed by atoms with Gasteiger partial charge in [-0.15, -0.1) is 5.10 Å². The number of aliphatic hydroxyl groups is 1. The largest absolute Gasteiger partial charge is 0.497 e. The van der Waals surface area contributed by atoms with Crippen LogP contribution in [0, 0.1) is 5.92 Å². The predicted octanol–water partition coefficient (Wildman–Crippen LogP) is 3.65. The Morgan fingerprint density at radius 2 is 1.85 bits per heavy atom. The lowest BCUT2D eigenvalue weighted by molar-refractivity contribution is -0.146. The molecular formula is C34H45N5O8Si. The predicted molar refractivity (Wildman–Crippen MR) is 180 cm³/mol. The van der Waals surface area contributed by atoms with Crippen LogP contribution in [0.25, 0.3) is 0 Å². The first-order valence-electron chi connectivity index (χ1n) is 16.3. The van der Waals surface area contributed by atoms with Gasteiger partial charge in [-0.2, -0.15) is 0 Å². The first-order valence-corrected chi connectivity index (χ1v) is 19.3. The first-order chi connectivity index (χ1) is 22.9. The molecule has 2 aliphatic rings. The fraction of sp³-hybridized carbons (Fsp3) is 0.500. The topological polar surface area (TPSA) is 165 Å². The lowest BCUT2D eigenvalue weighted by atomic mass is 9.82. The van der Waals surface area contributed by atoms with Gasteiger partial charge in [-0.25, -0.2) is 0 Å². The molecule has 5 rings (SSSR count). The number of aryl methyl sites for hydroxylation is 1. The number of ether oxygens (including phenoxy) is 3. The minimum absolute atomic E-state index is 0.0277. The van der Waals surface area contributed by atoms with Crippen molar-refractivity contribution < 1.29 is 38.5 Å². The van der Waals surface area contributed by atoms with Gasteiger partial charge in [0.05, 0.1) is 31.7 Å². The zero-order chi connectivity index (χ0) is 34.6. The van der Waals surface area contributed by atoms with Crippen molar-refractivity contribution in [1.82, 2.24) is 15.0 Å². The summed E-state index contributed by atoms with van der Waals surface area (Å²) in [4.78, 5) is 52.9. The molecule has 13 nitrogen and oxygen atoms in total. The minimum atomic E-state index is -2.91. The van der Waals surface area contributed by atoms with Crippen LogP contribution >= 0.6 is 0 Å². The van der Waals surface area contributed by atoms with Gasteiger partial charge in [-0.1, -0.05) is 12.1 Å². The molecule has 0 saturated carbocycles. The molecule has 1 spiro atoms. The Hall–Kier alpha value is -4.11. The van der Waals surface area contributed by atoms with Crippen molar-refractivity contribution in [2.45, 2.75) is 75.9 Å². The summed E-state index contributed by atoms with van der Waals surface area (Å²) >= 11 is 0. The molecular weight excluding hydrogens is 634 g/mol. The molecule has 48 heavy (non-hydrogen) atoms. The molecule has 4 atom stereocenters. The Morgan fingerprint density at radius 1 is 1.10 bits per heavy atom. The number of carbonyl (C=O) groups excluding carboxylic acids is 3. The van der Waals surface area contributed by atoms with Crippen LogP contribution in [0.3, 0.4) is 0 Å². The van der Waals surface area contributed by atoms with E-state index >= 15 is 0 Å². The summed E-state index contributed by atoms with van der Waals surface area (Å²) in [6.07, 6.45) is 3.55. The number of amides is 2. The molecule has 2 amide bonds. The summed E-state index contributed by atoms with van der Waals surface area (Å²) in [5, 5.41) is 20.5. The van der Waals surface area contributed by atoms with Gasteiger partial charge in [0.15, 0.2) is 13.9 Å². The van der Waals surface area contributed by atoms with E-state index in [1.54, 1.807) is 53.2 Å². The highest BCUT2D eigenvalue weighted by Crippen LogP contribution is 2.60. The molecule has 1 fully saturated rings. The number of unbranched alkanes of at least 4 members (excludes halogenated alkanes) is 1. The summed E-state index contributed by atoms with van der Waals surface area (Å²) < 4.78 is 18.6. The average Bonchev–Trinajstić information content (AvgIpc) is 3.71. The number of hydrogen-bond acceptors (Lipinski definition) is 10. The van der Waals surface area contributed by atoms with E-state index in [-0.39, 0.29) is 36.4 Å². The number of methoxy groups -OCH3 is 2. The van der Waals surface area contributed by atoms with Gasteiger partial charge in [0.2, 0.25) is 0 Å². The monoisotopic (exact) mass is 679 g/mol. The molecule has 0 aliphatic carbocycles. The number of nitrogens with one attached hydrogen (secondary N) is 1. The van der Waals surface area contributed by atoms with Crippen molar-refractivity contribution in [3.8, 4) is 5.75 Å². The maximum atomic E-state index is 14.7. The van der Waals surface area contributed by atoms with Crippen LogP contribution in [0.15, 0.2) is 48.7 Å². The second-order valence-electron chi connectivity index (χ2n) is 13.0. The van der Waals surface area contributed by atoms with Gasteiger partial charge in [0.1, 0.15) is 5.75 Å². The highest BCUT2D eigenvalue weighted by molar-refractivity contribution is 6.71. The van der Waals surface area contributed by atoms with Gasteiger partial charge in [-0.3, -0.25) is 19.1 Å². The molecule has 3 aromatic rings. The van der Waals surface area contributed by atoms with E-state index in [1.165, 1.54) is 7.11 Å². The van der Waals surface area contributed by atoms with Crippen molar-refractivity contribution in [2.75, 3.05) is 37.6 Å². The van der Waals surface area contributed by atoms with Gasteiger partial charge in [0, 0.05) is 67.0 Å². The number of rotatable bonds is 14. The molecule has 258 valence electrons. The Morgan fingerprint density at radius 3 is 2.52 bits per heavy atom. The van der Waals surface area contributed by atoms with E-state index in [4.69, 9.17) is 14.2 Å². The summed E-state index contributed by atoms with van der Waals surface area (Å²) in [7, 11) is 0.00529. The van der Waals surface area contributed by atoms with Crippen LogP contribution in [0.5, 0.6) is 5.75 Å². The molecule has 0 bridgehead atoms. The summed E-state index contributed by atoms with van der Waals surface area (Å²) in [6, 6.07) is 12.2. The van der Waals surface area contributed by atoms with E-state index in [0.717, 1.165) is 0 Å². The van der Waals surface area contributed by atoms with E-state index in [0.29, 0.717) is 72.7 Å². The van der Waals surface area contributed by atoms with Crippen molar-refractivity contribution >= 4 is 37.5 Å². The quantitative estimate of drug-likeness (QED) is 0.130. The molecule has 2 aromatic carbocycles. The second-order valence-corrected chi connectivity index (χ2v) is 17.0. The van der Waals surface area contributed by atoms with Gasteiger partial charge in [0.25, 0.3) is 11.8 Å². The number of anilines is 2. The lowest BCUT2D eigenvalue weighted by Gasteiger charge is -2.32. The Balaban J connectivity index is 1.48. The Bertz CT molecular complexity index is 1620. The van der Waals surface area contributed by atoms with Crippen LogP contribution in [-0.4, -0.2) is 84.5 Å². The summed E-state index contributed by atoms with van der Waals surface area (Å²) in [6.45, 7) is 6.49. The van der Waals surface area contributed by atoms with Gasteiger partial charge >= 0.3 is 5.97 Å². The molecule has 3 heterocycles. The molecule has 1 aromatic heterocycles. The molecule has 14 heteroatoms. The smallest absolute Gasteiger partial charge is 0.305 e. The van der Waals surface area contributed by atoms with Crippen LogP contribution < -0.4 is 15.0 Å². The maximum absolute atomic E-state index is 14.7. The molecule has 0 unspecified atom stereocenters. The number of aliphatic hydroxyl groups excluding tert-OH is 1. The van der Waals surface area contributed by atoms with E-state index < -0.39 is 25.9 Å². The number of carbonyl (C=O) groups is 3. The highest BCUT2D eigenvalue weighted by atomic mass is 28.4. The Kier molecular flexibility index (Phi) is 10.7. The van der Waals surface area contributed by atoms with Crippen molar-refractivity contribution in [3.05, 3.63) is 65.5 Å². The average molecular weight is 680 g/mol. The number of fused-ring (bicyclic) bond motifs is 2. The number of aromatic nitrogens is 3. The number of esters is 1. The van der Waals surface area contributed by atoms with Crippen LogP contribution in [0.4, 0.5) is 11.4 Å². The van der Waals surface area contributed by atoms with Crippen LogP contribution in [-0.2, 0) is 37.6 Å². The summed E-state index contributed by atoms with van der Waals surface area (Å²) in [5.41, 5.74) is 1.24. The Labute approximate surface area is 281 Å². The minimum Gasteiger partial charge on any atom is -0.497 e. The fourth-order valence-electron chi connectivity index (χ4n) is 7.17. The zero-order valence-corrected chi connectivity index (χ0v) is 29.1. The molecule has 1 saturated heterocycles. The SMILES string of the molecule is COC(=O)CCCCN1C(=O)[C@]2(O[C@H](CCn3cc(CCO)nn3)[C@@H]([Si](C)(C)O)[C@@H]2C)c2cc(NC(=O)c3ccc(OC)cc3)ccc21. The third-order valence-corrected chi connectivity index (χ3v) is 11.9. The highest BCUT2D eigenvalue weighted by Gasteiger charge is 2.66. The van der Waals surface area contributed by atoms with E-state index in [1.807, 2.05) is 32.2 Å². The number of benzene rings is 2. The number of nitrogens with zero attached hydrogens (tertiary/aromatic N) is 4. The lowest BCUT2D eigenvalue weighted by Crippen LogP contribution is -2.46. The van der Waals surface area contributed by atoms with E-state index in [2.05, 4.69) is 15.6 Å². The molecule has 3 N–H and O–H groups in total. The fourth-order valence-corrected chi connectivity index (χ4v) is 9.77. The van der Waals surface area contributed by atoms with Crippen molar-refractivity contribution in [1.29, 1.82) is 0 Å². The molecule has 2 aliphatic heterocycles. The third kappa shape index (κ3) is 7.02. The second kappa shape index (κ2) is 14.6. The first kappa shape index (κ1) is 35.2. The standard InChI is InChI=1S/C34H45N5O8Si/c1-22-31(48(4,5)44)29(15-18-38-21-25(16-19-40)36-37-38)47-34(22)27-20-24(35-32(42)23-9-12-26(45-2)13-10-23)11-14-28(27)39(33(34)43)17-7-6-8-30(41)46-3/h9-14,20-22,29,31,40,44H,6-8,15-19H2,1-5H3,(H,35,42)/t22-,29+,31-,34+/m0/s1. The van der Waals surface area contributed by atoms with E-state index in [9.17, 15) is 24.3 Å². The molecule has 0 radical (unpaired) electrons.